The van der Waals surface area contributed by atoms with Crippen molar-refractivity contribution < 1.29 is 5.11 Å². The van der Waals surface area contributed by atoms with Crippen LogP contribution in [-0.4, -0.2) is 41.3 Å². The summed E-state index contributed by atoms with van der Waals surface area (Å²) in [6.07, 6.45) is 0. The van der Waals surface area contributed by atoms with Gasteiger partial charge in [0.15, 0.2) is 0 Å². The van der Waals surface area contributed by atoms with Crippen molar-refractivity contribution in [2.24, 2.45) is 0 Å². The van der Waals surface area contributed by atoms with Crippen LogP contribution in [0.5, 0.6) is 0 Å². The molecule has 2 atom stereocenters. The quantitative estimate of drug-likeness (QED) is 0.856. The van der Waals surface area contributed by atoms with Gasteiger partial charge in [0.25, 0.3) is 0 Å². The van der Waals surface area contributed by atoms with Crippen molar-refractivity contribution in [1.82, 2.24) is 10.2 Å². The number of benzene rings is 1. The summed E-state index contributed by atoms with van der Waals surface area (Å²) >= 11 is 0. The average molecular weight is 248 g/mol. The third-order valence-corrected chi connectivity index (χ3v) is 3.99. The summed E-state index contributed by atoms with van der Waals surface area (Å²) in [5.74, 6) is 0. The van der Waals surface area contributed by atoms with Crippen molar-refractivity contribution in [3.05, 3.63) is 35.9 Å². The molecule has 2 rings (SSSR count). The summed E-state index contributed by atoms with van der Waals surface area (Å²) in [5.41, 5.74) is 1.45. The lowest BCUT2D eigenvalue weighted by molar-refractivity contribution is 0.0180. The van der Waals surface area contributed by atoms with Crippen molar-refractivity contribution in [1.29, 1.82) is 0 Å². The van der Waals surface area contributed by atoms with E-state index in [9.17, 15) is 5.11 Å². The van der Waals surface area contributed by atoms with Crippen LogP contribution in [0, 0.1) is 0 Å². The molecule has 0 saturated carbocycles. The fourth-order valence-electron chi connectivity index (χ4n) is 2.76. The monoisotopic (exact) mass is 248 g/mol. The lowest BCUT2D eigenvalue weighted by Gasteiger charge is -2.49. The maximum absolute atomic E-state index is 9.34. The molecule has 1 aliphatic heterocycles. The molecule has 1 aromatic rings. The zero-order valence-electron chi connectivity index (χ0n) is 11.6. The predicted molar refractivity (Wildman–Crippen MR) is 74.5 cm³/mol. The minimum Gasteiger partial charge on any atom is -0.395 e. The van der Waals surface area contributed by atoms with E-state index in [0.717, 1.165) is 13.1 Å². The third-order valence-electron chi connectivity index (χ3n) is 3.99. The van der Waals surface area contributed by atoms with Gasteiger partial charge in [0.05, 0.1) is 6.61 Å². The number of hydrogen-bond donors (Lipinski definition) is 2. The number of aliphatic hydroxyl groups excluding tert-OH is 1. The SMILES string of the molecule is CC(c1ccccc1)N1CC(CO)NCC1(C)C. The van der Waals surface area contributed by atoms with E-state index in [0.29, 0.717) is 6.04 Å². The van der Waals surface area contributed by atoms with Crippen molar-refractivity contribution in [2.75, 3.05) is 19.7 Å². The minimum absolute atomic E-state index is 0.112. The van der Waals surface area contributed by atoms with Crippen LogP contribution < -0.4 is 5.32 Å². The second kappa shape index (κ2) is 5.39. The molecule has 1 aliphatic rings. The molecule has 100 valence electrons. The predicted octanol–water partition coefficient (Wildman–Crippen LogP) is 1.79. The van der Waals surface area contributed by atoms with Crippen LogP contribution in [0.2, 0.25) is 0 Å². The van der Waals surface area contributed by atoms with Gasteiger partial charge >= 0.3 is 0 Å². The highest BCUT2D eigenvalue weighted by atomic mass is 16.3. The van der Waals surface area contributed by atoms with Crippen LogP contribution in [0.4, 0.5) is 0 Å². The number of piperazine rings is 1. The van der Waals surface area contributed by atoms with Gasteiger partial charge in [-0.05, 0) is 26.3 Å². The molecule has 3 nitrogen and oxygen atoms in total. The zero-order chi connectivity index (χ0) is 13.2. The van der Waals surface area contributed by atoms with Crippen LogP contribution in [-0.2, 0) is 0 Å². The van der Waals surface area contributed by atoms with Gasteiger partial charge in [-0.25, -0.2) is 0 Å². The molecule has 0 aromatic heterocycles. The molecule has 1 saturated heterocycles. The topological polar surface area (TPSA) is 35.5 Å². The average Bonchev–Trinajstić information content (AvgIpc) is 2.39. The third kappa shape index (κ3) is 2.74. The lowest BCUT2D eigenvalue weighted by Crippen LogP contribution is -2.63. The van der Waals surface area contributed by atoms with E-state index in [1.807, 2.05) is 0 Å². The second-order valence-electron chi connectivity index (χ2n) is 5.81. The Bertz CT molecular complexity index is 377. The molecule has 0 radical (unpaired) electrons. The first-order chi connectivity index (χ1) is 8.54. The van der Waals surface area contributed by atoms with Gasteiger partial charge in [-0.3, -0.25) is 4.90 Å². The maximum atomic E-state index is 9.34. The van der Waals surface area contributed by atoms with Gasteiger partial charge in [-0.1, -0.05) is 30.3 Å². The largest absolute Gasteiger partial charge is 0.395 e. The summed E-state index contributed by atoms with van der Waals surface area (Å²) < 4.78 is 0. The Labute approximate surface area is 110 Å². The minimum atomic E-state index is 0.112. The van der Waals surface area contributed by atoms with E-state index < -0.39 is 0 Å². The Morgan fingerprint density at radius 2 is 2.06 bits per heavy atom. The number of aliphatic hydroxyl groups is 1. The molecule has 1 aromatic carbocycles. The first-order valence-corrected chi connectivity index (χ1v) is 6.70. The summed E-state index contributed by atoms with van der Waals surface area (Å²) in [7, 11) is 0. The van der Waals surface area contributed by atoms with Gasteiger partial charge < -0.3 is 10.4 Å². The molecule has 1 fully saturated rings. The number of nitrogens with zero attached hydrogens (tertiary/aromatic N) is 1. The Balaban J connectivity index is 2.18. The Kier molecular flexibility index (Phi) is 4.05. The fourth-order valence-corrected chi connectivity index (χ4v) is 2.76. The van der Waals surface area contributed by atoms with E-state index in [1.165, 1.54) is 5.56 Å². The number of hydrogen-bond acceptors (Lipinski definition) is 3. The van der Waals surface area contributed by atoms with Gasteiger partial charge in [0.2, 0.25) is 0 Å². The van der Waals surface area contributed by atoms with Crippen molar-refractivity contribution in [3.63, 3.8) is 0 Å². The fraction of sp³-hybridized carbons (Fsp3) is 0.600. The van der Waals surface area contributed by atoms with Gasteiger partial charge in [-0.15, -0.1) is 0 Å². The number of rotatable bonds is 3. The van der Waals surface area contributed by atoms with Crippen LogP contribution in [0.3, 0.4) is 0 Å². The molecule has 3 heteroatoms. The first-order valence-electron chi connectivity index (χ1n) is 6.70. The number of nitrogens with one attached hydrogen (secondary N) is 1. The van der Waals surface area contributed by atoms with Gasteiger partial charge in [0.1, 0.15) is 0 Å². The van der Waals surface area contributed by atoms with Crippen LogP contribution in [0.1, 0.15) is 32.4 Å². The van der Waals surface area contributed by atoms with E-state index >= 15 is 0 Å². The summed E-state index contributed by atoms with van der Waals surface area (Å²) in [4.78, 5) is 2.49. The highest BCUT2D eigenvalue weighted by molar-refractivity contribution is 5.19. The van der Waals surface area contributed by atoms with Crippen molar-refractivity contribution in [3.8, 4) is 0 Å². The van der Waals surface area contributed by atoms with Gasteiger partial charge in [-0.2, -0.15) is 0 Å². The van der Waals surface area contributed by atoms with E-state index in [4.69, 9.17) is 0 Å². The first kappa shape index (κ1) is 13.5. The molecule has 0 bridgehead atoms. The van der Waals surface area contributed by atoms with Gasteiger partial charge in [0, 0.05) is 30.7 Å². The second-order valence-corrected chi connectivity index (χ2v) is 5.81. The summed E-state index contributed by atoms with van der Waals surface area (Å²) in [6, 6.07) is 11.1. The molecular formula is C15H24N2O. The highest BCUT2D eigenvalue weighted by Gasteiger charge is 2.36. The lowest BCUT2D eigenvalue weighted by atomic mass is 9.93. The van der Waals surface area contributed by atoms with E-state index in [-0.39, 0.29) is 18.2 Å². The maximum Gasteiger partial charge on any atom is 0.0597 e. The molecular weight excluding hydrogens is 224 g/mol. The Hall–Kier alpha value is -0.900. The zero-order valence-corrected chi connectivity index (χ0v) is 11.6. The van der Waals surface area contributed by atoms with Crippen LogP contribution >= 0.6 is 0 Å². The molecule has 1 heterocycles. The molecule has 0 spiro atoms. The molecule has 0 amide bonds. The van der Waals surface area contributed by atoms with Crippen molar-refractivity contribution in [2.45, 2.75) is 38.4 Å². The molecule has 2 N–H and O–H groups in total. The van der Waals surface area contributed by atoms with Crippen LogP contribution in [0.15, 0.2) is 30.3 Å². The summed E-state index contributed by atoms with van der Waals surface area (Å²) in [6.45, 7) is 8.76. The summed E-state index contributed by atoms with van der Waals surface area (Å²) in [5, 5.41) is 12.7. The van der Waals surface area contributed by atoms with Crippen LogP contribution in [0.25, 0.3) is 0 Å². The van der Waals surface area contributed by atoms with E-state index in [1.54, 1.807) is 0 Å². The highest BCUT2D eigenvalue weighted by Crippen LogP contribution is 2.29. The Morgan fingerprint density at radius 3 is 2.67 bits per heavy atom. The smallest absolute Gasteiger partial charge is 0.0597 e. The standard InChI is InChI=1S/C15H24N2O/c1-12(13-7-5-4-6-8-13)17-9-14(10-18)16-11-15(17,2)3/h4-8,12,14,16,18H,9-11H2,1-3H3. The van der Waals surface area contributed by atoms with E-state index in [2.05, 4.69) is 61.3 Å². The molecule has 18 heavy (non-hydrogen) atoms. The Morgan fingerprint density at radius 1 is 1.39 bits per heavy atom. The molecule has 0 aliphatic carbocycles. The molecule has 2 unspecified atom stereocenters. The normalized spacial score (nSPS) is 25.9. The van der Waals surface area contributed by atoms with Crippen molar-refractivity contribution >= 4 is 0 Å².